The average molecular weight is 393 g/mol. The Labute approximate surface area is 159 Å². The predicted octanol–water partition coefficient (Wildman–Crippen LogP) is 2.29. The summed E-state index contributed by atoms with van der Waals surface area (Å²) in [5.41, 5.74) is 7.99. The molecule has 3 N–H and O–H groups in total. The fourth-order valence-electron chi connectivity index (χ4n) is 3.19. The maximum atomic E-state index is 12.9. The summed E-state index contributed by atoms with van der Waals surface area (Å²) in [7, 11) is -3.64. The molecule has 0 bridgehead atoms. The number of aromatic nitrogens is 1. The van der Waals surface area contributed by atoms with Gasteiger partial charge < -0.3 is 16.0 Å². The minimum absolute atomic E-state index is 0. The van der Waals surface area contributed by atoms with Crippen molar-refractivity contribution in [1.82, 2.24) is 9.29 Å². The summed E-state index contributed by atoms with van der Waals surface area (Å²) in [6.45, 7) is 3.83. The molecule has 2 aromatic carbocycles. The summed E-state index contributed by atoms with van der Waals surface area (Å²) in [5, 5.41) is 4.25. The van der Waals surface area contributed by atoms with Crippen LogP contribution >= 0.6 is 12.4 Å². The number of anilines is 2. The van der Waals surface area contributed by atoms with Crippen LogP contribution in [0.15, 0.2) is 59.6 Å². The van der Waals surface area contributed by atoms with E-state index in [1.54, 1.807) is 18.3 Å². The molecule has 0 amide bonds. The highest BCUT2D eigenvalue weighted by Crippen LogP contribution is 2.27. The number of halogens is 1. The van der Waals surface area contributed by atoms with Crippen LogP contribution in [0.5, 0.6) is 0 Å². The first-order valence-electron chi connectivity index (χ1n) is 8.24. The van der Waals surface area contributed by atoms with Crippen LogP contribution in [0.3, 0.4) is 0 Å². The SMILES string of the molecule is Cl.Nc1ccc(S(=O)(=O)n2ccc3cc(N4CCNCC4)ccc32)cc1. The molecule has 2 heterocycles. The van der Waals surface area contributed by atoms with Crippen molar-refractivity contribution in [2.75, 3.05) is 36.8 Å². The Bertz CT molecular complexity index is 1010. The van der Waals surface area contributed by atoms with E-state index in [4.69, 9.17) is 5.73 Å². The highest BCUT2D eigenvalue weighted by Gasteiger charge is 2.19. The Kier molecular flexibility index (Phi) is 5.13. The van der Waals surface area contributed by atoms with Crippen LogP contribution in [0.4, 0.5) is 11.4 Å². The smallest absolute Gasteiger partial charge is 0.268 e. The zero-order valence-electron chi connectivity index (χ0n) is 14.1. The number of piperazine rings is 1. The second-order valence-corrected chi connectivity index (χ2v) is 7.98. The van der Waals surface area contributed by atoms with Crippen LogP contribution in [-0.4, -0.2) is 38.6 Å². The van der Waals surface area contributed by atoms with Crippen molar-refractivity contribution in [3.63, 3.8) is 0 Å². The molecule has 0 saturated carbocycles. The van der Waals surface area contributed by atoms with Gasteiger partial charge in [0.1, 0.15) is 0 Å². The summed E-state index contributed by atoms with van der Waals surface area (Å²) in [4.78, 5) is 2.53. The fourth-order valence-corrected chi connectivity index (χ4v) is 4.54. The number of nitrogens with zero attached hydrogens (tertiary/aromatic N) is 2. The van der Waals surface area contributed by atoms with Crippen LogP contribution in [0.1, 0.15) is 0 Å². The van der Waals surface area contributed by atoms with E-state index in [0.717, 1.165) is 37.3 Å². The van der Waals surface area contributed by atoms with Gasteiger partial charge in [0.05, 0.1) is 10.4 Å². The highest BCUT2D eigenvalue weighted by molar-refractivity contribution is 7.90. The molecule has 6 nitrogen and oxygen atoms in total. The van der Waals surface area contributed by atoms with Gasteiger partial charge in [0.25, 0.3) is 10.0 Å². The van der Waals surface area contributed by atoms with Gasteiger partial charge in [-0.1, -0.05) is 0 Å². The van der Waals surface area contributed by atoms with E-state index < -0.39 is 10.0 Å². The average Bonchev–Trinajstić information content (AvgIpc) is 3.07. The Morgan fingerprint density at radius 1 is 0.962 bits per heavy atom. The molecule has 1 aliphatic rings. The standard InChI is InChI=1S/C18H20N4O2S.ClH/c19-15-1-4-17(5-2-15)25(23,24)22-10-7-14-13-16(3-6-18(14)22)21-11-8-20-9-12-21;/h1-7,10,13,20H,8-9,11-12,19H2;1H. The predicted molar refractivity (Wildman–Crippen MR) is 108 cm³/mol. The Morgan fingerprint density at radius 2 is 1.65 bits per heavy atom. The third-order valence-electron chi connectivity index (χ3n) is 4.56. The third-order valence-corrected chi connectivity index (χ3v) is 6.26. The van der Waals surface area contributed by atoms with Crippen LogP contribution in [0.25, 0.3) is 10.9 Å². The lowest BCUT2D eigenvalue weighted by atomic mass is 10.2. The van der Waals surface area contributed by atoms with Crippen molar-refractivity contribution in [3.8, 4) is 0 Å². The van der Waals surface area contributed by atoms with Gasteiger partial charge in [-0.15, -0.1) is 12.4 Å². The molecule has 0 atom stereocenters. The summed E-state index contributed by atoms with van der Waals surface area (Å²) >= 11 is 0. The van der Waals surface area contributed by atoms with Crippen molar-refractivity contribution in [2.24, 2.45) is 0 Å². The maximum absolute atomic E-state index is 12.9. The number of rotatable bonds is 3. The largest absolute Gasteiger partial charge is 0.399 e. The maximum Gasteiger partial charge on any atom is 0.268 e. The summed E-state index contributed by atoms with van der Waals surface area (Å²) in [5.74, 6) is 0. The molecule has 138 valence electrons. The van der Waals surface area contributed by atoms with E-state index in [1.165, 1.54) is 16.1 Å². The number of nitrogens with two attached hydrogens (primary N) is 1. The minimum Gasteiger partial charge on any atom is -0.399 e. The Balaban J connectivity index is 0.00000196. The number of fused-ring (bicyclic) bond motifs is 1. The highest BCUT2D eigenvalue weighted by atomic mass is 35.5. The molecule has 26 heavy (non-hydrogen) atoms. The van der Waals surface area contributed by atoms with E-state index in [-0.39, 0.29) is 17.3 Å². The van der Waals surface area contributed by atoms with Crippen LogP contribution in [0.2, 0.25) is 0 Å². The van der Waals surface area contributed by atoms with Gasteiger partial charge in [0.15, 0.2) is 0 Å². The first kappa shape index (κ1) is 18.6. The third kappa shape index (κ3) is 3.25. The normalized spacial score (nSPS) is 15.0. The summed E-state index contributed by atoms with van der Waals surface area (Å²) < 4.78 is 27.1. The van der Waals surface area contributed by atoms with Gasteiger partial charge >= 0.3 is 0 Å². The first-order chi connectivity index (χ1) is 12.1. The number of nitrogens with one attached hydrogen (secondary N) is 1. The lowest BCUT2D eigenvalue weighted by Gasteiger charge is -2.29. The first-order valence-corrected chi connectivity index (χ1v) is 9.68. The Morgan fingerprint density at radius 3 is 2.35 bits per heavy atom. The molecule has 4 rings (SSSR count). The zero-order valence-corrected chi connectivity index (χ0v) is 15.8. The van der Waals surface area contributed by atoms with E-state index in [0.29, 0.717) is 11.2 Å². The van der Waals surface area contributed by atoms with Crippen molar-refractivity contribution in [2.45, 2.75) is 4.90 Å². The van der Waals surface area contributed by atoms with Crippen LogP contribution in [-0.2, 0) is 10.0 Å². The molecule has 0 unspecified atom stereocenters. The topological polar surface area (TPSA) is 80.4 Å². The van der Waals surface area contributed by atoms with E-state index in [1.807, 2.05) is 18.2 Å². The molecule has 1 fully saturated rings. The van der Waals surface area contributed by atoms with Gasteiger partial charge in [-0.25, -0.2) is 12.4 Å². The van der Waals surface area contributed by atoms with E-state index >= 15 is 0 Å². The monoisotopic (exact) mass is 392 g/mol. The van der Waals surface area contributed by atoms with Crippen molar-refractivity contribution in [1.29, 1.82) is 0 Å². The quantitative estimate of drug-likeness (QED) is 0.668. The van der Waals surface area contributed by atoms with E-state index in [2.05, 4.69) is 16.3 Å². The molecular formula is C18H21ClN4O2S. The molecule has 8 heteroatoms. The lowest BCUT2D eigenvalue weighted by molar-refractivity contribution is 0.589. The van der Waals surface area contributed by atoms with Gasteiger partial charge in [0.2, 0.25) is 0 Å². The Hall–Kier alpha value is -2.22. The summed E-state index contributed by atoms with van der Waals surface area (Å²) in [6, 6.07) is 14.0. The second-order valence-electron chi connectivity index (χ2n) is 6.17. The molecule has 0 radical (unpaired) electrons. The molecule has 3 aromatic rings. The van der Waals surface area contributed by atoms with Crippen LogP contribution < -0.4 is 16.0 Å². The number of nitrogen functional groups attached to an aromatic ring is 1. The molecule has 0 aliphatic carbocycles. The van der Waals surface area contributed by atoms with Crippen LogP contribution in [0, 0.1) is 0 Å². The fraction of sp³-hybridized carbons (Fsp3) is 0.222. The lowest BCUT2D eigenvalue weighted by Crippen LogP contribution is -2.43. The molecule has 1 aliphatic heterocycles. The van der Waals surface area contributed by atoms with Gasteiger partial charge in [-0.2, -0.15) is 0 Å². The van der Waals surface area contributed by atoms with Gasteiger partial charge in [-0.05, 0) is 48.5 Å². The van der Waals surface area contributed by atoms with E-state index in [9.17, 15) is 8.42 Å². The number of hydrogen-bond acceptors (Lipinski definition) is 5. The second kappa shape index (κ2) is 7.19. The van der Waals surface area contributed by atoms with Gasteiger partial charge in [0, 0.05) is 49.1 Å². The molecular weight excluding hydrogens is 372 g/mol. The van der Waals surface area contributed by atoms with Crippen molar-refractivity contribution >= 4 is 44.7 Å². The molecule has 0 spiro atoms. The van der Waals surface area contributed by atoms with Gasteiger partial charge in [-0.3, -0.25) is 0 Å². The van der Waals surface area contributed by atoms with Crippen molar-refractivity contribution in [3.05, 3.63) is 54.7 Å². The minimum atomic E-state index is -3.64. The number of hydrogen-bond donors (Lipinski definition) is 2. The number of benzene rings is 2. The summed E-state index contributed by atoms with van der Waals surface area (Å²) in [6.07, 6.45) is 1.61. The molecule has 1 saturated heterocycles. The zero-order chi connectivity index (χ0) is 17.4. The van der Waals surface area contributed by atoms with Crippen molar-refractivity contribution < 1.29 is 8.42 Å². The molecule has 1 aromatic heterocycles.